The minimum Gasteiger partial charge on any atom is -0.359 e. The molecule has 0 aliphatic carbocycles. The summed E-state index contributed by atoms with van der Waals surface area (Å²) in [4.78, 5) is 4.52. The number of aliphatic imine (C=N–C) groups is 1. The maximum atomic E-state index is 5.43. The van der Waals surface area contributed by atoms with Gasteiger partial charge in [0.15, 0.2) is 17.5 Å². The van der Waals surface area contributed by atoms with Gasteiger partial charge in [-0.25, -0.2) is 4.99 Å². The van der Waals surface area contributed by atoms with Crippen molar-refractivity contribution in [3.8, 4) is 0 Å². The molecule has 2 rings (SSSR count). The van der Waals surface area contributed by atoms with Gasteiger partial charge in [-0.05, 0) is 19.8 Å². The van der Waals surface area contributed by atoms with Crippen molar-refractivity contribution in [2.24, 2.45) is 12.0 Å². The van der Waals surface area contributed by atoms with E-state index in [1.807, 2.05) is 24.6 Å². The molecular weight excluding hydrogens is 433 g/mol. The molecule has 0 aromatic carbocycles. The van der Waals surface area contributed by atoms with E-state index in [2.05, 4.69) is 44.8 Å². The van der Waals surface area contributed by atoms with Gasteiger partial charge in [0.25, 0.3) is 0 Å². The fourth-order valence-corrected chi connectivity index (χ4v) is 2.42. The molecular formula is C16H28IN7O. The third kappa shape index (κ3) is 6.29. The summed E-state index contributed by atoms with van der Waals surface area (Å²) in [6.45, 7) is 8.14. The first-order chi connectivity index (χ1) is 11.7. The van der Waals surface area contributed by atoms with Crippen LogP contribution >= 0.6 is 24.0 Å². The van der Waals surface area contributed by atoms with Gasteiger partial charge in [-0.1, -0.05) is 19.0 Å². The molecule has 2 aromatic rings. The summed E-state index contributed by atoms with van der Waals surface area (Å²) < 4.78 is 7.28. The van der Waals surface area contributed by atoms with Gasteiger partial charge in [0.05, 0.1) is 12.2 Å². The van der Waals surface area contributed by atoms with Gasteiger partial charge in [-0.15, -0.1) is 34.2 Å². The number of hydrogen-bond acceptors (Lipinski definition) is 5. The topological polar surface area (TPSA) is 93.2 Å². The maximum absolute atomic E-state index is 5.43. The van der Waals surface area contributed by atoms with Crippen molar-refractivity contribution in [2.45, 2.75) is 52.6 Å². The highest BCUT2D eigenvalue weighted by Crippen LogP contribution is 2.22. The van der Waals surface area contributed by atoms with Crippen LogP contribution in [0.2, 0.25) is 0 Å². The van der Waals surface area contributed by atoms with Gasteiger partial charge in [-0.3, -0.25) is 0 Å². The van der Waals surface area contributed by atoms with E-state index in [0.717, 1.165) is 36.7 Å². The molecule has 0 atom stereocenters. The maximum Gasteiger partial charge on any atom is 0.192 e. The minimum absolute atomic E-state index is 0. The monoisotopic (exact) mass is 461 g/mol. The molecule has 0 saturated heterocycles. The molecule has 0 saturated carbocycles. The van der Waals surface area contributed by atoms with E-state index < -0.39 is 0 Å². The van der Waals surface area contributed by atoms with E-state index in [1.54, 1.807) is 6.33 Å². The van der Waals surface area contributed by atoms with Gasteiger partial charge >= 0.3 is 0 Å². The van der Waals surface area contributed by atoms with E-state index >= 15 is 0 Å². The highest BCUT2D eigenvalue weighted by molar-refractivity contribution is 14.0. The van der Waals surface area contributed by atoms with Crippen molar-refractivity contribution in [3.63, 3.8) is 0 Å². The number of nitrogens with one attached hydrogen (secondary N) is 2. The van der Waals surface area contributed by atoms with Crippen LogP contribution in [0.15, 0.2) is 21.9 Å². The molecule has 0 bridgehead atoms. The van der Waals surface area contributed by atoms with E-state index in [0.29, 0.717) is 25.0 Å². The van der Waals surface area contributed by atoms with Crippen LogP contribution in [-0.2, 0) is 20.1 Å². The molecule has 140 valence electrons. The number of rotatable bonds is 8. The lowest BCUT2D eigenvalue weighted by molar-refractivity contribution is 0.368. The van der Waals surface area contributed by atoms with Crippen LogP contribution < -0.4 is 10.6 Å². The Hall–Kier alpha value is -1.65. The summed E-state index contributed by atoms with van der Waals surface area (Å²) in [5.41, 5.74) is 1.03. The third-order valence-electron chi connectivity index (χ3n) is 3.94. The van der Waals surface area contributed by atoms with Crippen molar-refractivity contribution < 1.29 is 4.52 Å². The van der Waals surface area contributed by atoms with Crippen LogP contribution in [0.4, 0.5) is 0 Å². The lowest BCUT2D eigenvalue weighted by Gasteiger charge is -2.09. The average molecular weight is 461 g/mol. The highest BCUT2D eigenvalue weighted by atomic mass is 127. The number of halogens is 1. The van der Waals surface area contributed by atoms with Crippen molar-refractivity contribution in [2.75, 3.05) is 6.54 Å². The summed E-state index contributed by atoms with van der Waals surface area (Å²) in [6.07, 6.45) is 3.80. The summed E-state index contributed by atoms with van der Waals surface area (Å²) >= 11 is 0. The fourth-order valence-electron chi connectivity index (χ4n) is 2.42. The molecule has 9 heteroatoms. The van der Waals surface area contributed by atoms with Crippen molar-refractivity contribution in [3.05, 3.63) is 29.7 Å². The molecule has 2 aromatic heterocycles. The Morgan fingerprint density at radius 2 is 2.04 bits per heavy atom. The Morgan fingerprint density at radius 1 is 1.28 bits per heavy atom. The summed E-state index contributed by atoms with van der Waals surface area (Å²) in [6, 6.07) is 2.02. The number of hydrogen-bond donors (Lipinski definition) is 2. The van der Waals surface area contributed by atoms with E-state index in [4.69, 9.17) is 4.52 Å². The Labute approximate surface area is 165 Å². The summed E-state index contributed by atoms with van der Waals surface area (Å²) in [7, 11) is 1.90. The number of nitrogens with zero attached hydrogens (tertiary/aromatic N) is 5. The second-order valence-electron chi connectivity index (χ2n) is 5.64. The fraction of sp³-hybridized carbons (Fsp3) is 0.625. The Kier molecular flexibility index (Phi) is 9.46. The zero-order valence-corrected chi connectivity index (χ0v) is 17.7. The van der Waals surface area contributed by atoms with Gasteiger partial charge in [0, 0.05) is 25.6 Å². The van der Waals surface area contributed by atoms with E-state index in [1.165, 1.54) is 0 Å². The first-order valence-corrected chi connectivity index (χ1v) is 8.48. The zero-order chi connectivity index (χ0) is 17.4. The van der Waals surface area contributed by atoms with Crippen LogP contribution in [0.3, 0.4) is 0 Å². The standard InChI is InChI=1S/C16H27N7O.HI/c1-5-12(6-2)14-8-13(24-22-14)9-18-16(17-7-3)19-10-15-21-20-11-23(15)4;/h8,11-12H,5-7,9-10H2,1-4H3,(H2,17,18,19);1H. The summed E-state index contributed by atoms with van der Waals surface area (Å²) in [5, 5.41) is 18.5. The molecule has 8 nitrogen and oxygen atoms in total. The quantitative estimate of drug-likeness (QED) is 0.357. The summed E-state index contributed by atoms with van der Waals surface area (Å²) in [5.74, 6) is 2.78. The second kappa shape index (κ2) is 11.1. The van der Waals surface area contributed by atoms with Crippen LogP contribution in [0.25, 0.3) is 0 Å². The van der Waals surface area contributed by atoms with Gasteiger partial charge in [0.2, 0.25) is 0 Å². The molecule has 2 N–H and O–H groups in total. The van der Waals surface area contributed by atoms with Crippen LogP contribution in [0.1, 0.15) is 56.8 Å². The van der Waals surface area contributed by atoms with Crippen LogP contribution in [0.5, 0.6) is 0 Å². The molecule has 25 heavy (non-hydrogen) atoms. The third-order valence-corrected chi connectivity index (χ3v) is 3.94. The van der Waals surface area contributed by atoms with E-state index in [-0.39, 0.29) is 24.0 Å². The average Bonchev–Trinajstić information content (AvgIpc) is 3.21. The Morgan fingerprint density at radius 3 is 2.64 bits per heavy atom. The van der Waals surface area contributed by atoms with Crippen molar-refractivity contribution in [1.82, 2.24) is 30.6 Å². The zero-order valence-electron chi connectivity index (χ0n) is 15.3. The lowest BCUT2D eigenvalue weighted by Crippen LogP contribution is -2.36. The van der Waals surface area contributed by atoms with Gasteiger partial charge < -0.3 is 19.7 Å². The predicted octanol–water partition coefficient (Wildman–Crippen LogP) is 2.58. The highest BCUT2D eigenvalue weighted by Gasteiger charge is 2.13. The Balaban J connectivity index is 0.00000312. The molecule has 0 unspecified atom stereocenters. The molecule has 2 heterocycles. The predicted molar refractivity (Wildman–Crippen MR) is 108 cm³/mol. The number of guanidine groups is 1. The molecule has 0 amide bonds. The minimum atomic E-state index is 0. The molecule has 0 aliphatic heterocycles. The molecule has 0 aliphatic rings. The first-order valence-electron chi connectivity index (χ1n) is 8.48. The molecule has 0 radical (unpaired) electrons. The van der Waals surface area contributed by atoms with Crippen LogP contribution in [-0.4, -0.2) is 32.4 Å². The van der Waals surface area contributed by atoms with E-state index in [9.17, 15) is 0 Å². The normalized spacial score (nSPS) is 11.5. The smallest absolute Gasteiger partial charge is 0.192 e. The largest absolute Gasteiger partial charge is 0.359 e. The first kappa shape index (κ1) is 21.4. The second-order valence-corrected chi connectivity index (χ2v) is 5.64. The SMILES string of the molecule is CCNC(=NCc1nncn1C)NCc1cc(C(CC)CC)no1.I. The number of aromatic nitrogens is 4. The van der Waals surface area contributed by atoms with Gasteiger partial charge in [-0.2, -0.15) is 0 Å². The van der Waals surface area contributed by atoms with Crippen molar-refractivity contribution in [1.29, 1.82) is 0 Å². The van der Waals surface area contributed by atoms with Gasteiger partial charge in [0.1, 0.15) is 12.9 Å². The number of aryl methyl sites for hydroxylation is 1. The molecule has 0 spiro atoms. The molecule has 0 fully saturated rings. The van der Waals surface area contributed by atoms with Crippen LogP contribution in [0, 0.1) is 0 Å². The van der Waals surface area contributed by atoms with Crippen molar-refractivity contribution >= 4 is 29.9 Å². The Bertz CT molecular complexity index is 648. The lowest BCUT2D eigenvalue weighted by atomic mass is 9.99.